The molecule has 0 aromatic heterocycles. The number of carbonyl (C=O) groups excluding carboxylic acids is 1. The van der Waals surface area contributed by atoms with Gasteiger partial charge < -0.3 is 14.9 Å². The van der Waals surface area contributed by atoms with Gasteiger partial charge in [-0.15, -0.1) is 0 Å². The van der Waals surface area contributed by atoms with Gasteiger partial charge in [-0.3, -0.25) is 0 Å². The van der Waals surface area contributed by atoms with Crippen molar-refractivity contribution in [1.29, 1.82) is 0 Å². The summed E-state index contributed by atoms with van der Waals surface area (Å²) in [5.41, 5.74) is 0.820. The zero-order valence-corrected chi connectivity index (χ0v) is 11.8. The summed E-state index contributed by atoms with van der Waals surface area (Å²) < 4.78 is 30.1. The van der Waals surface area contributed by atoms with Crippen LogP contribution in [0, 0.1) is 0 Å². The predicted molar refractivity (Wildman–Crippen MR) is 71.5 cm³/mol. The molecule has 1 unspecified atom stereocenters. The first-order valence-electron chi connectivity index (χ1n) is 5.81. The Morgan fingerprint density at radius 3 is 2.45 bits per heavy atom. The molecule has 0 heterocycles. The summed E-state index contributed by atoms with van der Waals surface area (Å²) >= 11 is 0. The molecular weight excluding hydrogens is 286 g/mol. The molecule has 0 aliphatic rings. The number of rotatable bonds is 7. The Morgan fingerprint density at radius 2 is 1.95 bits per heavy atom. The van der Waals surface area contributed by atoms with E-state index >= 15 is 0 Å². The molecule has 1 atom stereocenters. The minimum atomic E-state index is -3.62. The van der Waals surface area contributed by atoms with E-state index in [9.17, 15) is 13.2 Å². The zero-order valence-electron chi connectivity index (χ0n) is 10.9. The molecule has 0 bridgehead atoms. The van der Waals surface area contributed by atoms with Gasteiger partial charge in [-0.05, 0) is 17.7 Å². The Bertz CT molecular complexity index is 540. The normalized spacial score (nSPS) is 12.9. The van der Waals surface area contributed by atoms with Gasteiger partial charge in [0.15, 0.2) is 0 Å². The van der Waals surface area contributed by atoms with E-state index < -0.39 is 28.7 Å². The summed E-state index contributed by atoms with van der Waals surface area (Å²) in [6, 6.07) is 5.96. The number of ether oxygens (including phenoxy) is 1. The second-order valence-electron chi connectivity index (χ2n) is 4.13. The summed E-state index contributed by atoms with van der Waals surface area (Å²) in [4.78, 5) is 11.2. The maximum absolute atomic E-state index is 11.7. The molecule has 3 N–H and O–H groups in total. The summed E-state index contributed by atoms with van der Waals surface area (Å²) in [5.74, 6) is -0.782. The van der Waals surface area contributed by atoms with Crippen LogP contribution in [0.3, 0.4) is 0 Å². The summed E-state index contributed by atoms with van der Waals surface area (Å²) in [5, 5.41) is 17.7. The molecule has 1 rings (SSSR count). The molecule has 0 saturated heterocycles. The average molecular weight is 303 g/mol. The highest BCUT2D eigenvalue weighted by Gasteiger charge is 2.14. The van der Waals surface area contributed by atoms with Crippen LogP contribution < -0.4 is 4.72 Å². The maximum Gasteiger partial charge on any atom is 0.337 e. The van der Waals surface area contributed by atoms with Crippen molar-refractivity contribution in [3.05, 3.63) is 35.4 Å². The number of nitrogens with one attached hydrogen (secondary N) is 1. The van der Waals surface area contributed by atoms with Gasteiger partial charge in [0, 0.05) is 6.54 Å². The monoisotopic (exact) mass is 303 g/mol. The Balaban J connectivity index is 2.66. The number of hydrogen-bond donors (Lipinski definition) is 3. The number of hydrogen-bond acceptors (Lipinski definition) is 6. The lowest BCUT2D eigenvalue weighted by Gasteiger charge is -2.10. The topological polar surface area (TPSA) is 113 Å². The van der Waals surface area contributed by atoms with E-state index in [1.54, 1.807) is 0 Å². The van der Waals surface area contributed by atoms with E-state index in [1.807, 2.05) is 0 Å². The lowest BCUT2D eigenvalue weighted by atomic mass is 10.1. The van der Waals surface area contributed by atoms with Gasteiger partial charge in [-0.2, -0.15) is 0 Å². The van der Waals surface area contributed by atoms with Crippen LogP contribution in [-0.2, 0) is 20.5 Å². The molecule has 20 heavy (non-hydrogen) atoms. The quantitative estimate of drug-likeness (QED) is 0.571. The SMILES string of the molecule is COC(=O)c1ccc(CS(=O)(=O)NCC(O)CO)cc1. The Kier molecular flexibility index (Phi) is 6.08. The lowest BCUT2D eigenvalue weighted by Crippen LogP contribution is -2.34. The van der Waals surface area contributed by atoms with Crippen LogP contribution in [0.5, 0.6) is 0 Å². The van der Waals surface area contributed by atoms with E-state index in [2.05, 4.69) is 9.46 Å². The molecule has 0 radical (unpaired) electrons. The molecule has 0 aliphatic heterocycles. The van der Waals surface area contributed by atoms with E-state index in [0.717, 1.165) is 0 Å². The number of carbonyl (C=O) groups is 1. The second-order valence-corrected chi connectivity index (χ2v) is 5.94. The number of sulfonamides is 1. The number of esters is 1. The zero-order chi connectivity index (χ0) is 15.2. The Hall–Kier alpha value is -1.48. The molecule has 0 saturated carbocycles. The van der Waals surface area contributed by atoms with Crippen LogP contribution in [0.25, 0.3) is 0 Å². The van der Waals surface area contributed by atoms with Crippen molar-refractivity contribution in [2.45, 2.75) is 11.9 Å². The molecule has 1 aromatic carbocycles. The Morgan fingerprint density at radius 1 is 1.35 bits per heavy atom. The second kappa shape index (κ2) is 7.34. The fraction of sp³-hybridized carbons (Fsp3) is 0.417. The predicted octanol–water partition coefficient (Wildman–Crippen LogP) is -0.754. The number of aliphatic hydroxyl groups excluding tert-OH is 2. The van der Waals surface area contributed by atoms with Crippen molar-refractivity contribution in [3.8, 4) is 0 Å². The largest absolute Gasteiger partial charge is 0.465 e. The van der Waals surface area contributed by atoms with Crippen LogP contribution in [0.15, 0.2) is 24.3 Å². The smallest absolute Gasteiger partial charge is 0.337 e. The summed E-state index contributed by atoms with van der Waals surface area (Å²) in [6.07, 6.45) is -1.13. The third-order valence-electron chi connectivity index (χ3n) is 2.48. The third-order valence-corrected chi connectivity index (χ3v) is 3.80. The molecule has 7 nitrogen and oxygen atoms in total. The van der Waals surface area contributed by atoms with Crippen LogP contribution in [0.4, 0.5) is 0 Å². The highest BCUT2D eigenvalue weighted by molar-refractivity contribution is 7.88. The average Bonchev–Trinajstić information content (AvgIpc) is 2.44. The van der Waals surface area contributed by atoms with Gasteiger partial charge in [-0.25, -0.2) is 17.9 Å². The van der Waals surface area contributed by atoms with Gasteiger partial charge in [0.25, 0.3) is 0 Å². The molecule has 0 aliphatic carbocycles. The van der Waals surface area contributed by atoms with Crippen LogP contribution in [0.2, 0.25) is 0 Å². The van der Waals surface area contributed by atoms with E-state index in [4.69, 9.17) is 10.2 Å². The maximum atomic E-state index is 11.7. The molecule has 0 spiro atoms. The van der Waals surface area contributed by atoms with Crippen molar-refractivity contribution >= 4 is 16.0 Å². The molecule has 1 aromatic rings. The molecular formula is C12H17NO6S. The van der Waals surface area contributed by atoms with Crippen LogP contribution in [0.1, 0.15) is 15.9 Å². The number of benzene rings is 1. The highest BCUT2D eigenvalue weighted by Crippen LogP contribution is 2.08. The van der Waals surface area contributed by atoms with Gasteiger partial charge in [0.2, 0.25) is 10.0 Å². The lowest BCUT2D eigenvalue weighted by molar-refractivity contribution is 0.0600. The summed E-state index contributed by atoms with van der Waals surface area (Å²) in [6.45, 7) is -0.768. The van der Waals surface area contributed by atoms with Gasteiger partial charge in [0.05, 0.1) is 31.1 Å². The fourth-order valence-corrected chi connectivity index (χ4v) is 2.59. The fourth-order valence-electron chi connectivity index (χ4n) is 1.41. The first-order valence-corrected chi connectivity index (χ1v) is 7.46. The molecule has 0 amide bonds. The van der Waals surface area contributed by atoms with Crippen molar-refractivity contribution in [2.24, 2.45) is 0 Å². The van der Waals surface area contributed by atoms with Gasteiger partial charge in [-0.1, -0.05) is 12.1 Å². The Labute approximate surface area is 117 Å². The van der Waals surface area contributed by atoms with Gasteiger partial charge >= 0.3 is 5.97 Å². The minimum absolute atomic E-state index is 0.251. The van der Waals surface area contributed by atoms with Crippen molar-refractivity contribution in [2.75, 3.05) is 20.3 Å². The van der Waals surface area contributed by atoms with Crippen molar-refractivity contribution < 1.29 is 28.2 Å². The molecule has 0 fully saturated rings. The van der Waals surface area contributed by atoms with Crippen molar-refractivity contribution in [3.63, 3.8) is 0 Å². The first kappa shape index (κ1) is 16.6. The third kappa shape index (κ3) is 5.25. The van der Waals surface area contributed by atoms with E-state index in [1.165, 1.54) is 31.4 Å². The molecule has 8 heteroatoms. The summed E-state index contributed by atoms with van der Waals surface area (Å²) in [7, 11) is -2.35. The van der Waals surface area contributed by atoms with E-state index in [-0.39, 0.29) is 12.3 Å². The minimum Gasteiger partial charge on any atom is -0.465 e. The van der Waals surface area contributed by atoms with Crippen molar-refractivity contribution in [1.82, 2.24) is 4.72 Å². The van der Waals surface area contributed by atoms with E-state index in [0.29, 0.717) is 11.1 Å². The first-order chi connectivity index (χ1) is 9.38. The standard InChI is InChI=1S/C12H17NO6S/c1-19-12(16)10-4-2-9(3-5-10)8-20(17,18)13-6-11(15)7-14/h2-5,11,13-15H,6-8H2,1H3. The van der Waals surface area contributed by atoms with Crippen LogP contribution >= 0.6 is 0 Å². The number of methoxy groups -OCH3 is 1. The van der Waals surface area contributed by atoms with Gasteiger partial charge in [0.1, 0.15) is 0 Å². The van der Waals surface area contributed by atoms with Crippen LogP contribution in [-0.4, -0.2) is 51.0 Å². The highest BCUT2D eigenvalue weighted by atomic mass is 32.2. The molecule has 112 valence electrons. The number of aliphatic hydroxyl groups is 2.